The fourth-order valence-corrected chi connectivity index (χ4v) is 2.82. The molecule has 6 heteroatoms. The number of nitrogens with one attached hydrogen (secondary N) is 1. The molecule has 2 rings (SSSR count). The summed E-state index contributed by atoms with van der Waals surface area (Å²) in [4.78, 5) is 25.7. The Bertz CT molecular complexity index is 521. The third-order valence-corrected chi connectivity index (χ3v) is 3.95. The zero-order valence-corrected chi connectivity index (χ0v) is 13.6. The van der Waals surface area contributed by atoms with Gasteiger partial charge in [0.05, 0.1) is 12.5 Å². The predicted octanol–water partition coefficient (Wildman–Crippen LogP) is 1.56. The highest BCUT2D eigenvalue weighted by Crippen LogP contribution is 2.21. The molecule has 1 aliphatic rings. The van der Waals surface area contributed by atoms with Crippen LogP contribution < -0.4 is 5.32 Å². The van der Waals surface area contributed by atoms with E-state index in [0.717, 1.165) is 10.0 Å². The van der Waals surface area contributed by atoms with Gasteiger partial charge in [0, 0.05) is 37.6 Å². The van der Waals surface area contributed by atoms with Crippen molar-refractivity contribution in [3.05, 3.63) is 34.3 Å². The van der Waals surface area contributed by atoms with Gasteiger partial charge in [-0.3, -0.25) is 9.59 Å². The maximum atomic E-state index is 12.0. The molecular formula is C15H19BrN2O3. The zero-order chi connectivity index (χ0) is 15.2. The monoisotopic (exact) mass is 354 g/mol. The number of carbonyl (C=O) groups is 2. The highest BCUT2D eigenvalue weighted by Gasteiger charge is 2.33. The van der Waals surface area contributed by atoms with Gasteiger partial charge in [-0.15, -0.1) is 0 Å². The summed E-state index contributed by atoms with van der Waals surface area (Å²) in [6.07, 6.45) is 0.285. The van der Waals surface area contributed by atoms with E-state index in [-0.39, 0.29) is 24.2 Å². The van der Waals surface area contributed by atoms with Crippen molar-refractivity contribution in [3.8, 4) is 0 Å². The van der Waals surface area contributed by atoms with Crippen molar-refractivity contribution in [3.63, 3.8) is 0 Å². The minimum absolute atomic E-state index is 0.0295. The molecule has 114 valence electrons. The van der Waals surface area contributed by atoms with Gasteiger partial charge in [-0.1, -0.05) is 28.1 Å². The van der Waals surface area contributed by atoms with Gasteiger partial charge in [0.25, 0.3) is 0 Å². The summed E-state index contributed by atoms with van der Waals surface area (Å²) in [6.45, 7) is 1.98. The lowest BCUT2D eigenvalue weighted by Gasteiger charge is -2.17. The molecule has 21 heavy (non-hydrogen) atoms. The summed E-state index contributed by atoms with van der Waals surface area (Å²) in [5.74, 6) is -0.305. The van der Waals surface area contributed by atoms with Gasteiger partial charge < -0.3 is 15.0 Å². The summed E-state index contributed by atoms with van der Waals surface area (Å²) >= 11 is 3.42. The number of nitrogens with zero attached hydrogens (tertiary/aromatic N) is 1. The van der Waals surface area contributed by atoms with Gasteiger partial charge in [0.2, 0.25) is 11.8 Å². The molecule has 1 aliphatic heterocycles. The Morgan fingerprint density at radius 3 is 3.05 bits per heavy atom. The van der Waals surface area contributed by atoms with Crippen molar-refractivity contribution in [2.75, 3.05) is 26.8 Å². The average molecular weight is 355 g/mol. The summed E-state index contributed by atoms with van der Waals surface area (Å²) in [6, 6.07) is 7.85. The molecule has 0 bridgehead atoms. The number of likely N-dealkylation sites (tertiary alicyclic amines) is 1. The van der Waals surface area contributed by atoms with Gasteiger partial charge in [0.1, 0.15) is 0 Å². The van der Waals surface area contributed by atoms with E-state index in [4.69, 9.17) is 4.74 Å². The van der Waals surface area contributed by atoms with E-state index in [1.165, 1.54) is 0 Å². The van der Waals surface area contributed by atoms with E-state index in [9.17, 15) is 9.59 Å². The van der Waals surface area contributed by atoms with Crippen LogP contribution in [-0.4, -0.2) is 43.5 Å². The Balaban J connectivity index is 1.89. The van der Waals surface area contributed by atoms with Crippen LogP contribution >= 0.6 is 15.9 Å². The summed E-state index contributed by atoms with van der Waals surface area (Å²) in [5, 5.41) is 2.79. The molecular weight excluding hydrogens is 336 g/mol. The zero-order valence-electron chi connectivity index (χ0n) is 12.0. The Labute approximate surface area is 132 Å². The number of carbonyl (C=O) groups excluding carboxylic acids is 2. The van der Waals surface area contributed by atoms with Gasteiger partial charge >= 0.3 is 0 Å². The van der Waals surface area contributed by atoms with Gasteiger partial charge in [-0.05, 0) is 17.7 Å². The Morgan fingerprint density at radius 1 is 1.52 bits per heavy atom. The smallest absolute Gasteiger partial charge is 0.225 e. The van der Waals surface area contributed by atoms with Crippen molar-refractivity contribution < 1.29 is 14.3 Å². The standard InChI is InChI=1S/C15H19BrN2O3/c1-21-6-5-17-15(20)12-8-14(19)18(10-12)9-11-3-2-4-13(16)7-11/h2-4,7,12H,5-6,8-10H2,1H3,(H,17,20)/t12-/m1/s1. The molecule has 5 nitrogen and oxygen atoms in total. The largest absolute Gasteiger partial charge is 0.383 e. The van der Waals surface area contributed by atoms with Crippen LogP contribution in [0.25, 0.3) is 0 Å². The van der Waals surface area contributed by atoms with Gasteiger partial charge in [0.15, 0.2) is 0 Å². The molecule has 0 aliphatic carbocycles. The first-order valence-corrected chi connectivity index (χ1v) is 7.68. The third-order valence-electron chi connectivity index (χ3n) is 3.45. The molecule has 1 aromatic rings. The number of hydrogen-bond donors (Lipinski definition) is 1. The molecule has 0 unspecified atom stereocenters. The van der Waals surface area contributed by atoms with Crippen molar-refractivity contribution in [1.82, 2.24) is 10.2 Å². The number of rotatable bonds is 6. The Hall–Kier alpha value is -1.40. The van der Waals surface area contributed by atoms with Crippen LogP contribution in [0.3, 0.4) is 0 Å². The molecule has 0 radical (unpaired) electrons. The van der Waals surface area contributed by atoms with Crippen molar-refractivity contribution in [1.29, 1.82) is 0 Å². The summed E-state index contributed by atoms with van der Waals surface area (Å²) in [5.41, 5.74) is 1.05. The van der Waals surface area contributed by atoms with Crippen molar-refractivity contribution >= 4 is 27.7 Å². The minimum Gasteiger partial charge on any atom is -0.383 e. The van der Waals surface area contributed by atoms with Crippen molar-refractivity contribution in [2.45, 2.75) is 13.0 Å². The summed E-state index contributed by atoms with van der Waals surface area (Å²) < 4.78 is 5.88. The lowest BCUT2D eigenvalue weighted by atomic mass is 10.1. The van der Waals surface area contributed by atoms with E-state index < -0.39 is 0 Å². The van der Waals surface area contributed by atoms with E-state index >= 15 is 0 Å². The molecule has 0 aromatic heterocycles. The number of methoxy groups -OCH3 is 1. The number of halogens is 1. The molecule has 0 spiro atoms. The second-order valence-electron chi connectivity index (χ2n) is 5.09. The molecule has 1 saturated heterocycles. The highest BCUT2D eigenvalue weighted by molar-refractivity contribution is 9.10. The van der Waals surface area contributed by atoms with E-state index in [0.29, 0.717) is 26.2 Å². The maximum Gasteiger partial charge on any atom is 0.225 e. The highest BCUT2D eigenvalue weighted by atomic mass is 79.9. The second kappa shape index (κ2) is 7.56. The predicted molar refractivity (Wildman–Crippen MR) is 82.6 cm³/mol. The Kier molecular flexibility index (Phi) is 5.76. The topological polar surface area (TPSA) is 58.6 Å². The first-order valence-electron chi connectivity index (χ1n) is 6.89. The lowest BCUT2D eigenvalue weighted by molar-refractivity contribution is -0.129. The molecule has 1 N–H and O–H groups in total. The average Bonchev–Trinajstić information content (AvgIpc) is 2.80. The molecule has 1 atom stereocenters. The molecule has 2 amide bonds. The summed E-state index contributed by atoms with van der Waals surface area (Å²) in [7, 11) is 1.59. The van der Waals surface area contributed by atoms with Crippen LogP contribution in [0.2, 0.25) is 0 Å². The SMILES string of the molecule is COCCNC(=O)[C@@H]1CC(=O)N(Cc2cccc(Br)c2)C1. The van der Waals surface area contributed by atoms with Crippen LogP contribution in [-0.2, 0) is 20.9 Å². The van der Waals surface area contributed by atoms with Crippen LogP contribution in [0.5, 0.6) is 0 Å². The molecule has 1 heterocycles. The molecule has 0 saturated carbocycles. The number of ether oxygens (including phenoxy) is 1. The number of benzene rings is 1. The fraction of sp³-hybridized carbons (Fsp3) is 0.467. The fourth-order valence-electron chi connectivity index (χ4n) is 2.38. The molecule has 1 aromatic carbocycles. The second-order valence-corrected chi connectivity index (χ2v) is 6.00. The number of amides is 2. The third kappa shape index (κ3) is 4.54. The first-order chi connectivity index (χ1) is 10.1. The normalized spacial score (nSPS) is 18.1. The van der Waals surface area contributed by atoms with Gasteiger partial charge in [-0.25, -0.2) is 0 Å². The van der Waals surface area contributed by atoms with E-state index in [2.05, 4.69) is 21.2 Å². The maximum absolute atomic E-state index is 12.0. The van der Waals surface area contributed by atoms with Crippen LogP contribution in [0.15, 0.2) is 28.7 Å². The minimum atomic E-state index is -0.262. The molecule has 1 fully saturated rings. The van der Waals surface area contributed by atoms with Crippen LogP contribution in [0.1, 0.15) is 12.0 Å². The Morgan fingerprint density at radius 2 is 2.33 bits per heavy atom. The van der Waals surface area contributed by atoms with Crippen molar-refractivity contribution in [2.24, 2.45) is 5.92 Å². The quantitative estimate of drug-likeness (QED) is 0.788. The first kappa shape index (κ1) is 16.0. The van der Waals surface area contributed by atoms with Crippen LogP contribution in [0.4, 0.5) is 0 Å². The van der Waals surface area contributed by atoms with E-state index in [1.807, 2.05) is 24.3 Å². The van der Waals surface area contributed by atoms with Crippen LogP contribution in [0, 0.1) is 5.92 Å². The van der Waals surface area contributed by atoms with Gasteiger partial charge in [-0.2, -0.15) is 0 Å². The number of hydrogen-bond acceptors (Lipinski definition) is 3. The van der Waals surface area contributed by atoms with E-state index in [1.54, 1.807) is 12.0 Å². The lowest BCUT2D eigenvalue weighted by Crippen LogP contribution is -2.34.